The van der Waals surface area contributed by atoms with E-state index in [0.717, 1.165) is 34.0 Å². The summed E-state index contributed by atoms with van der Waals surface area (Å²) in [6.07, 6.45) is 1.70. The Balaban J connectivity index is 1.48. The van der Waals surface area contributed by atoms with Crippen molar-refractivity contribution in [2.24, 2.45) is 0 Å². The van der Waals surface area contributed by atoms with Crippen LogP contribution in [0.2, 0.25) is 0 Å². The summed E-state index contributed by atoms with van der Waals surface area (Å²) in [5.41, 5.74) is 4.62. The minimum Gasteiger partial charge on any atom is -0.337 e. The number of nitrogens with one attached hydrogen (secondary N) is 1. The van der Waals surface area contributed by atoms with Crippen molar-refractivity contribution in [3.8, 4) is 11.1 Å². The highest BCUT2D eigenvalue weighted by molar-refractivity contribution is 8.18. The van der Waals surface area contributed by atoms with Crippen LogP contribution in [-0.4, -0.2) is 29.0 Å². The third kappa shape index (κ3) is 4.92. The first-order valence-corrected chi connectivity index (χ1v) is 10.6. The van der Waals surface area contributed by atoms with Crippen molar-refractivity contribution in [1.82, 2.24) is 10.2 Å². The minimum absolute atomic E-state index is 0.0179. The Hall–Kier alpha value is -3.64. The molecule has 1 aliphatic rings. The van der Waals surface area contributed by atoms with E-state index in [4.69, 9.17) is 0 Å². The smallest absolute Gasteiger partial charge is 0.290 e. The SMILES string of the molecule is CN(Cc1cccc(-c2ccc(/C=C3/SC(=O)NC3=O)cc2)c1)C(=O)c1ccccc1. The number of thioether (sulfide) groups is 1. The lowest BCUT2D eigenvalue weighted by molar-refractivity contribution is -0.115. The predicted octanol–water partition coefficient (Wildman–Crippen LogP) is 4.95. The molecule has 0 aromatic heterocycles. The summed E-state index contributed by atoms with van der Waals surface area (Å²) in [4.78, 5) is 37.7. The number of imide groups is 1. The van der Waals surface area contributed by atoms with E-state index in [-0.39, 0.29) is 17.1 Å². The molecule has 0 spiro atoms. The molecule has 5 nitrogen and oxygen atoms in total. The molecule has 1 aliphatic heterocycles. The summed E-state index contributed by atoms with van der Waals surface area (Å²) in [5.74, 6) is -0.378. The molecule has 0 radical (unpaired) electrons. The van der Waals surface area contributed by atoms with E-state index in [0.29, 0.717) is 17.0 Å². The van der Waals surface area contributed by atoms with Gasteiger partial charge in [-0.3, -0.25) is 19.7 Å². The maximum Gasteiger partial charge on any atom is 0.290 e. The summed E-state index contributed by atoms with van der Waals surface area (Å²) in [5, 5.41) is 1.91. The van der Waals surface area contributed by atoms with Gasteiger partial charge in [-0.05, 0) is 58.3 Å². The van der Waals surface area contributed by atoms with Gasteiger partial charge in [-0.15, -0.1) is 0 Å². The lowest BCUT2D eigenvalue weighted by Gasteiger charge is -2.18. The topological polar surface area (TPSA) is 66.5 Å². The van der Waals surface area contributed by atoms with Crippen LogP contribution >= 0.6 is 11.8 Å². The Morgan fingerprint density at radius 2 is 1.68 bits per heavy atom. The van der Waals surface area contributed by atoms with Gasteiger partial charge in [0.1, 0.15) is 0 Å². The Kier molecular flexibility index (Phi) is 6.00. The number of nitrogens with zero attached hydrogens (tertiary/aromatic N) is 1. The van der Waals surface area contributed by atoms with Crippen LogP contribution in [0.5, 0.6) is 0 Å². The monoisotopic (exact) mass is 428 g/mol. The molecule has 0 atom stereocenters. The first-order chi connectivity index (χ1) is 15.0. The minimum atomic E-state index is -0.360. The first-order valence-electron chi connectivity index (χ1n) is 9.74. The third-order valence-electron chi connectivity index (χ3n) is 4.90. The number of hydrogen-bond acceptors (Lipinski definition) is 4. The summed E-state index contributed by atoms with van der Waals surface area (Å²) in [6.45, 7) is 0.506. The van der Waals surface area contributed by atoms with Gasteiger partial charge in [0.25, 0.3) is 17.1 Å². The highest BCUT2D eigenvalue weighted by Gasteiger charge is 2.24. The number of hydrogen-bond donors (Lipinski definition) is 1. The fourth-order valence-electron chi connectivity index (χ4n) is 3.34. The highest BCUT2D eigenvalue weighted by Crippen LogP contribution is 2.27. The van der Waals surface area contributed by atoms with E-state index < -0.39 is 0 Å². The van der Waals surface area contributed by atoms with E-state index in [2.05, 4.69) is 11.4 Å². The van der Waals surface area contributed by atoms with Crippen molar-refractivity contribution < 1.29 is 14.4 Å². The van der Waals surface area contributed by atoms with Gasteiger partial charge in [-0.25, -0.2) is 0 Å². The molecule has 154 valence electrons. The van der Waals surface area contributed by atoms with Crippen LogP contribution in [0.4, 0.5) is 4.79 Å². The van der Waals surface area contributed by atoms with E-state index in [1.165, 1.54) is 0 Å². The number of amides is 3. The van der Waals surface area contributed by atoms with E-state index in [9.17, 15) is 14.4 Å². The quantitative estimate of drug-likeness (QED) is 0.584. The largest absolute Gasteiger partial charge is 0.337 e. The molecule has 0 saturated carbocycles. The maximum atomic E-state index is 12.6. The molecule has 0 aliphatic carbocycles. The van der Waals surface area contributed by atoms with Crippen LogP contribution in [0, 0.1) is 0 Å². The Morgan fingerprint density at radius 1 is 0.935 bits per heavy atom. The number of carbonyl (C=O) groups is 3. The molecule has 1 saturated heterocycles. The lowest BCUT2D eigenvalue weighted by atomic mass is 10.0. The van der Waals surface area contributed by atoms with Crippen LogP contribution in [0.3, 0.4) is 0 Å². The van der Waals surface area contributed by atoms with E-state index >= 15 is 0 Å². The Morgan fingerprint density at radius 3 is 2.35 bits per heavy atom. The molecule has 1 N–H and O–H groups in total. The summed E-state index contributed by atoms with van der Waals surface area (Å²) in [6, 6.07) is 25.1. The molecular formula is C25H20N2O3S. The molecule has 1 heterocycles. The molecule has 0 bridgehead atoms. The molecule has 1 fully saturated rings. The highest BCUT2D eigenvalue weighted by atomic mass is 32.2. The third-order valence-corrected chi connectivity index (χ3v) is 5.71. The average Bonchev–Trinajstić information content (AvgIpc) is 3.11. The molecule has 3 aromatic rings. The van der Waals surface area contributed by atoms with Crippen LogP contribution in [-0.2, 0) is 11.3 Å². The Labute approximate surface area is 184 Å². The van der Waals surface area contributed by atoms with Crippen LogP contribution < -0.4 is 5.32 Å². The second kappa shape index (κ2) is 9.02. The van der Waals surface area contributed by atoms with Gasteiger partial charge in [0.05, 0.1) is 4.91 Å². The normalized spacial score (nSPS) is 14.5. The van der Waals surface area contributed by atoms with E-state index in [1.807, 2.05) is 72.8 Å². The summed E-state index contributed by atoms with van der Waals surface area (Å²) in [7, 11) is 1.80. The van der Waals surface area contributed by atoms with Gasteiger partial charge < -0.3 is 4.90 Å². The van der Waals surface area contributed by atoms with Crippen molar-refractivity contribution in [2.45, 2.75) is 6.54 Å². The van der Waals surface area contributed by atoms with Crippen LogP contribution in [0.15, 0.2) is 83.8 Å². The van der Waals surface area contributed by atoms with Crippen LogP contribution in [0.1, 0.15) is 21.5 Å². The lowest BCUT2D eigenvalue weighted by Crippen LogP contribution is -2.26. The first kappa shape index (κ1) is 20.6. The van der Waals surface area contributed by atoms with Crippen molar-refractivity contribution in [3.63, 3.8) is 0 Å². The van der Waals surface area contributed by atoms with Gasteiger partial charge in [0.15, 0.2) is 0 Å². The second-order valence-corrected chi connectivity index (χ2v) is 8.22. The maximum absolute atomic E-state index is 12.6. The average molecular weight is 429 g/mol. The zero-order chi connectivity index (χ0) is 21.8. The second-order valence-electron chi connectivity index (χ2n) is 7.20. The van der Waals surface area contributed by atoms with E-state index in [1.54, 1.807) is 18.0 Å². The number of benzene rings is 3. The van der Waals surface area contributed by atoms with Crippen molar-refractivity contribution in [1.29, 1.82) is 0 Å². The molecule has 6 heteroatoms. The van der Waals surface area contributed by atoms with Gasteiger partial charge in [0.2, 0.25) is 0 Å². The molecule has 3 amide bonds. The molecule has 4 rings (SSSR count). The molecule has 3 aromatic carbocycles. The van der Waals surface area contributed by atoms with Gasteiger partial charge in [0, 0.05) is 19.2 Å². The zero-order valence-electron chi connectivity index (χ0n) is 16.9. The Bertz CT molecular complexity index is 1170. The molecule has 0 unspecified atom stereocenters. The fraction of sp³-hybridized carbons (Fsp3) is 0.0800. The molecule has 31 heavy (non-hydrogen) atoms. The van der Waals surface area contributed by atoms with Crippen LogP contribution in [0.25, 0.3) is 17.2 Å². The standard InChI is InChI=1S/C25H20N2O3S/c1-27(24(29)20-7-3-2-4-8-20)16-18-6-5-9-21(14-18)19-12-10-17(11-13-19)15-22-23(28)26-25(30)31-22/h2-15H,16H2,1H3,(H,26,28,30)/b22-15+. The zero-order valence-corrected chi connectivity index (χ0v) is 17.7. The summed E-state index contributed by atoms with van der Waals surface area (Å²) >= 11 is 0.907. The van der Waals surface area contributed by atoms with Crippen molar-refractivity contribution in [3.05, 3.63) is 100 Å². The number of rotatable bonds is 5. The fourth-order valence-corrected chi connectivity index (χ4v) is 4.02. The van der Waals surface area contributed by atoms with Gasteiger partial charge in [-0.1, -0.05) is 60.7 Å². The summed E-state index contributed by atoms with van der Waals surface area (Å²) < 4.78 is 0. The van der Waals surface area contributed by atoms with Crippen molar-refractivity contribution >= 4 is 34.9 Å². The number of carbonyl (C=O) groups excluding carboxylic acids is 3. The van der Waals surface area contributed by atoms with Gasteiger partial charge >= 0.3 is 0 Å². The van der Waals surface area contributed by atoms with Crippen molar-refractivity contribution in [2.75, 3.05) is 7.05 Å². The predicted molar refractivity (Wildman–Crippen MR) is 123 cm³/mol. The molecular weight excluding hydrogens is 408 g/mol. The van der Waals surface area contributed by atoms with Gasteiger partial charge in [-0.2, -0.15) is 0 Å².